The second-order valence-electron chi connectivity index (χ2n) is 26.0. The molecule has 3 unspecified atom stereocenters. The summed E-state index contributed by atoms with van der Waals surface area (Å²) in [5.74, 6) is -0.552. The van der Waals surface area contributed by atoms with Crippen LogP contribution in [0.2, 0.25) is 0 Å². The first-order valence-electron chi connectivity index (χ1n) is 36.5. The Bertz CT molecular complexity index is 1740. The molecule has 0 aromatic rings. The molecule has 0 saturated heterocycles. The quantitative estimate of drug-likeness (QED) is 0.0222. The first-order chi connectivity index (χ1) is 42.9. The molecule has 0 spiro atoms. The lowest BCUT2D eigenvalue weighted by Gasteiger charge is -2.21. The molecule has 0 aliphatic rings. The van der Waals surface area contributed by atoms with Gasteiger partial charge in [0, 0.05) is 25.7 Å². The average molecular weight is 1310 g/mol. The van der Waals surface area contributed by atoms with Gasteiger partial charge in [0.05, 0.1) is 26.4 Å². The summed E-state index contributed by atoms with van der Waals surface area (Å²) in [5, 5.41) is 10.6. The maximum absolute atomic E-state index is 13.0. The van der Waals surface area contributed by atoms with Crippen molar-refractivity contribution in [2.45, 2.75) is 374 Å². The Labute approximate surface area is 543 Å². The second-order valence-corrected chi connectivity index (χ2v) is 28.9. The van der Waals surface area contributed by atoms with Gasteiger partial charge in [0.2, 0.25) is 0 Å². The Hall–Kier alpha value is -1.94. The number of unbranched alkanes of at least 4 members (excludes halogenated alkanes) is 38. The fourth-order valence-corrected chi connectivity index (χ4v) is 12.1. The Morgan fingerprint density at radius 3 is 0.854 bits per heavy atom. The van der Waals surface area contributed by atoms with Crippen LogP contribution in [-0.4, -0.2) is 96.7 Å². The number of hydrogen-bond acceptors (Lipinski definition) is 15. The minimum absolute atomic E-state index is 0.106. The number of carbonyl (C=O) groups is 4. The van der Waals surface area contributed by atoms with Crippen molar-refractivity contribution in [2.75, 3.05) is 39.6 Å². The van der Waals surface area contributed by atoms with Crippen molar-refractivity contribution in [3.05, 3.63) is 0 Å². The molecule has 19 heteroatoms. The molecule has 0 aromatic carbocycles. The summed E-state index contributed by atoms with van der Waals surface area (Å²) in [5.41, 5.74) is 0. The Balaban J connectivity index is 5.21. The largest absolute Gasteiger partial charge is 0.472 e. The Kier molecular flexibility index (Phi) is 60.8. The number of carbonyl (C=O) groups excluding carboxylic acids is 4. The molecule has 0 bridgehead atoms. The van der Waals surface area contributed by atoms with Crippen molar-refractivity contribution in [2.24, 2.45) is 11.8 Å². The molecule has 0 aliphatic carbocycles. The zero-order chi connectivity index (χ0) is 65.7. The van der Waals surface area contributed by atoms with Crippen LogP contribution < -0.4 is 0 Å². The third-order valence-corrected chi connectivity index (χ3v) is 18.5. The van der Waals surface area contributed by atoms with Crippen molar-refractivity contribution < 1.29 is 80.2 Å². The lowest BCUT2D eigenvalue weighted by atomic mass is 9.99. The van der Waals surface area contributed by atoms with E-state index in [0.29, 0.717) is 25.7 Å². The maximum atomic E-state index is 13.0. The summed E-state index contributed by atoms with van der Waals surface area (Å²) in [7, 11) is -9.90. The third-order valence-electron chi connectivity index (χ3n) is 16.6. The maximum Gasteiger partial charge on any atom is 0.472 e. The Morgan fingerprint density at radius 2 is 0.573 bits per heavy atom. The summed E-state index contributed by atoms with van der Waals surface area (Å²) in [6.07, 6.45) is 47.1. The molecule has 6 atom stereocenters. The predicted molar refractivity (Wildman–Crippen MR) is 358 cm³/mol. The van der Waals surface area contributed by atoms with Gasteiger partial charge in [-0.1, -0.05) is 305 Å². The summed E-state index contributed by atoms with van der Waals surface area (Å²) >= 11 is 0. The van der Waals surface area contributed by atoms with Crippen LogP contribution in [0.15, 0.2) is 0 Å². The smallest absolute Gasteiger partial charge is 0.462 e. The van der Waals surface area contributed by atoms with Crippen LogP contribution in [-0.2, 0) is 65.4 Å². The van der Waals surface area contributed by atoms with E-state index in [4.69, 9.17) is 37.0 Å². The molecule has 0 heterocycles. The number of phosphoric acid groups is 2. The fraction of sp³-hybridized carbons (Fsp3) is 0.943. The molecule has 0 rings (SSSR count). The monoisotopic (exact) mass is 1310 g/mol. The number of aliphatic hydroxyl groups is 1. The SMILES string of the molecule is CCCCCCCCCCCCCCCCC(=O)O[C@H](COC(=O)CCCCCCCCC)COP(=O)(O)OC[C@H](O)COP(=O)(O)OC[C@@H](COC(=O)CCCCCCCCCCCCC(C)CC)OC(=O)CCCCCCCCCCCCCC(C)C. The van der Waals surface area contributed by atoms with Gasteiger partial charge >= 0.3 is 39.5 Å². The van der Waals surface area contributed by atoms with Gasteiger partial charge in [0.1, 0.15) is 19.3 Å². The zero-order valence-corrected chi connectivity index (χ0v) is 59.5. The van der Waals surface area contributed by atoms with Gasteiger partial charge in [-0.2, -0.15) is 0 Å². The highest BCUT2D eigenvalue weighted by atomic mass is 31.2. The minimum atomic E-state index is -4.95. The van der Waals surface area contributed by atoms with Crippen LogP contribution in [0.3, 0.4) is 0 Å². The van der Waals surface area contributed by atoms with Crippen molar-refractivity contribution in [3.63, 3.8) is 0 Å². The number of aliphatic hydroxyl groups excluding tert-OH is 1. The highest BCUT2D eigenvalue weighted by Gasteiger charge is 2.30. The number of phosphoric ester groups is 2. The van der Waals surface area contributed by atoms with E-state index in [1.807, 2.05) is 0 Å². The number of hydrogen-bond donors (Lipinski definition) is 3. The lowest BCUT2D eigenvalue weighted by molar-refractivity contribution is -0.161. The highest BCUT2D eigenvalue weighted by Crippen LogP contribution is 2.45. The molecule has 17 nitrogen and oxygen atoms in total. The fourth-order valence-electron chi connectivity index (χ4n) is 10.6. The van der Waals surface area contributed by atoms with Crippen molar-refractivity contribution >= 4 is 39.5 Å². The van der Waals surface area contributed by atoms with E-state index in [1.165, 1.54) is 161 Å². The van der Waals surface area contributed by atoms with Crippen LogP contribution in [0.5, 0.6) is 0 Å². The van der Waals surface area contributed by atoms with Crippen LogP contribution in [0.25, 0.3) is 0 Å². The van der Waals surface area contributed by atoms with E-state index in [2.05, 4.69) is 41.5 Å². The van der Waals surface area contributed by atoms with Crippen LogP contribution in [0.4, 0.5) is 0 Å². The number of ether oxygens (including phenoxy) is 4. The van der Waals surface area contributed by atoms with Gasteiger partial charge in [-0.3, -0.25) is 37.3 Å². The number of rotatable bonds is 69. The minimum Gasteiger partial charge on any atom is -0.462 e. The topological polar surface area (TPSA) is 237 Å². The zero-order valence-electron chi connectivity index (χ0n) is 57.7. The van der Waals surface area contributed by atoms with Gasteiger partial charge in [-0.25, -0.2) is 9.13 Å². The first kappa shape index (κ1) is 87.1. The normalized spacial score (nSPS) is 14.4. The van der Waals surface area contributed by atoms with Crippen LogP contribution in [0, 0.1) is 11.8 Å². The Morgan fingerprint density at radius 1 is 0.326 bits per heavy atom. The average Bonchev–Trinajstić information content (AvgIpc) is 3.56. The van der Waals surface area contributed by atoms with E-state index in [9.17, 15) is 43.2 Å². The van der Waals surface area contributed by atoms with Crippen molar-refractivity contribution in [1.29, 1.82) is 0 Å². The molecule has 0 aliphatic heterocycles. The standard InChI is InChI=1S/C70H136O17P2/c1-7-10-12-14-16-17-18-19-20-23-30-36-42-48-54-69(74)86-65(58-80-67(72)52-46-40-32-15-13-11-8-2)60-84-88(76,77)82-56-64(71)57-83-89(78,79)85-61-66(87-70(75)55-49-43-37-31-24-21-22-27-33-38-44-50-62(4)5)59-81-68(73)53-47-41-35-29-26-25-28-34-39-45-51-63(6)9-3/h62-66,71H,7-61H2,1-6H3,(H,76,77)(H,78,79)/t63?,64-,65+,66+/m0/s1. The molecule has 0 amide bonds. The van der Waals surface area contributed by atoms with Gasteiger partial charge in [0.15, 0.2) is 12.2 Å². The van der Waals surface area contributed by atoms with E-state index in [0.717, 1.165) is 115 Å². The van der Waals surface area contributed by atoms with E-state index < -0.39 is 97.5 Å². The molecule has 0 fully saturated rings. The van der Waals surface area contributed by atoms with E-state index in [-0.39, 0.29) is 25.7 Å². The van der Waals surface area contributed by atoms with Gasteiger partial charge in [-0.05, 0) is 37.5 Å². The molecular formula is C70H136O17P2. The summed E-state index contributed by atoms with van der Waals surface area (Å²) in [6.45, 7) is 9.54. The molecular weight excluding hydrogens is 1170 g/mol. The van der Waals surface area contributed by atoms with Gasteiger partial charge in [-0.15, -0.1) is 0 Å². The van der Waals surface area contributed by atoms with Crippen LogP contribution in [0.1, 0.15) is 356 Å². The lowest BCUT2D eigenvalue weighted by Crippen LogP contribution is -2.30. The first-order valence-corrected chi connectivity index (χ1v) is 39.5. The second kappa shape index (κ2) is 62.2. The van der Waals surface area contributed by atoms with E-state index >= 15 is 0 Å². The summed E-state index contributed by atoms with van der Waals surface area (Å²) in [6, 6.07) is 0. The van der Waals surface area contributed by atoms with Gasteiger partial charge < -0.3 is 33.8 Å². The third kappa shape index (κ3) is 63.2. The van der Waals surface area contributed by atoms with Crippen molar-refractivity contribution in [1.82, 2.24) is 0 Å². The summed E-state index contributed by atoms with van der Waals surface area (Å²) in [4.78, 5) is 72.4. The molecule has 0 saturated carbocycles. The molecule has 528 valence electrons. The van der Waals surface area contributed by atoms with Crippen LogP contribution >= 0.6 is 15.6 Å². The van der Waals surface area contributed by atoms with Crippen molar-refractivity contribution in [3.8, 4) is 0 Å². The molecule has 3 N–H and O–H groups in total. The molecule has 89 heavy (non-hydrogen) atoms. The highest BCUT2D eigenvalue weighted by molar-refractivity contribution is 7.47. The summed E-state index contributed by atoms with van der Waals surface area (Å²) < 4.78 is 68.2. The molecule has 0 aromatic heterocycles. The van der Waals surface area contributed by atoms with Gasteiger partial charge in [0.25, 0.3) is 0 Å². The number of esters is 4. The predicted octanol–water partition coefficient (Wildman–Crippen LogP) is 20.0. The molecule has 0 radical (unpaired) electrons. The van der Waals surface area contributed by atoms with E-state index in [1.54, 1.807) is 0 Å².